The van der Waals surface area contributed by atoms with Crippen molar-refractivity contribution >= 4 is 17.8 Å². The molecule has 4 aliphatic rings. The van der Waals surface area contributed by atoms with Gasteiger partial charge in [-0.2, -0.15) is 10.4 Å². The van der Waals surface area contributed by atoms with Crippen molar-refractivity contribution in [3.63, 3.8) is 0 Å². The van der Waals surface area contributed by atoms with Gasteiger partial charge >= 0.3 is 5.97 Å². The summed E-state index contributed by atoms with van der Waals surface area (Å²) in [6, 6.07) is 14.3. The Bertz CT molecular complexity index is 1700. The quantitative estimate of drug-likeness (QED) is 0.238. The third kappa shape index (κ3) is 5.60. The summed E-state index contributed by atoms with van der Waals surface area (Å²) >= 11 is 0. The molecule has 0 saturated heterocycles. The summed E-state index contributed by atoms with van der Waals surface area (Å²) in [6.45, 7) is 4.24. The third-order valence-corrected chi connectivity index (χ3v) is 10.4. The van der Waals surface area contributed by atoms with E-state index in [0.717, 1.165) is 37.7 Å². The molecule has 11 heteroatoms. The number of aliphatic carboxylic acids is 1. The number of nitrogens with zero attached hydrogens (tertiary/aromatic N) is 3. The maximum atomic E-state index is 14.2. The number of aromatic nitrogens is 2. The third-order valence-electron chi connectivity index (χ3n) is 10.4. The van der Waals surface area contributed by atoms with Gasteiger partial charge in [0.15, 0.2) is 5.69 Å². The Labute approximate surface area is 274 Å². The van der Waals surface area contributed by atoms with Gasteiger partial charge in [-0.3, -0.25) is 9.59 Å². The first-order valence-electron chi connectivity index (χ1n) is 16.3. The van der Waals surface area contributed by atoms with Gasteiger partial charge in [0.05, 0.1) is 43.7 Å². The lowest BCUT2D eigenvalue weighted by Gasteiger charge is -2.59. The van der Waals surface area contributed by atoms with Crippen LogP contribution in [-0.2, 0) is 4.79 Å². The molecule has 4 fully saturated rings. The number of nitriles is 1. The number of hydrogen-bond acceptors (Lipinski definition) is 7. The van der Waals surface area contributed by atoms with Crippen molar-refractivity contribution < 1.29 is 29.0 Å². The topological polar surface area (TPSA) is 156 Å². The summed E-state index contributed by atoms with van der Waals surface area (Å²) in [4.78, 5) is 40.1. The molecule has 3 N–H and O–H groups in total. The van der Waals surface area contributed by atoms with E-state index in [2.05, 4.69) is 10.6 Å². The molecule has 246 valence electrons. The van der Waals surface area contributed by atoms with Gasteiger partial charge in [-0.25, -0.2) is 9.48 Å². The molecule has 4 bridgehead atoms. The molecule has 2 amide bonds. The van der Waals surface area contributed by atoms with E-state index in [4.69, 9.17) is 19.8 Å². The number of carbonyl (C=O) groups is 3. The highest BCUT2D eigenvalue weighted by Gasteiger charge is 2.62. The fraction of sp³-hybridized carbons (Fsp3) is 0.472. The molecule has 0 aliphatic heterocycles. The number of carbonyl (C=O) groups excluding carboxylic acids is 2. The number of ether oxygens (including phenoxy) is 2. The minimum atomic E-state index is -1.33. The summed E-state index contributed by atoms with van der Waals surface area (Å²) < 4.78 is 13.1. The van der Waals surface area contributed by atoms with Crippen LogP contribution in [0.2, 0.25) is 0 Å². The zero-order valence-corrected chi connectivity index (χ0v) is 27.2. The molecule has 3 aromatic rings. The van der Waals surface area contributed by atoms with Crippen LogP contribution in [0.1, 0.15) is 84.7 Å². The van der Waals surface area contributed by atoms with Crippen LogP contribution in [0.4, 0.5) is 0 Å². The number of amides is 2. The predicted molar refractivity (Wildman–Crippen MR) is 174 cm³/mol. The molecule has 0 spiro atoms. The zero-order valence-electron chi connectivity index (χ0n) is 27.2. The molecule has 2 aromatic carbocycles. The summed E-state index contributed by atoms with van der Waals surface area (Å²) in [5.74, 6) is -0.0477. The van der Waals surface area contributed by atoms with Gasteiger partial charge in [0.2, 0.25) is 0 Å². The largest absolute Gasteiger partial charge is 0.496 e. The molecule has 4 aliphatic carbocycles. The number of carboxylic acids is 1. The first kappa shape index (κ1) is 32.1. The van der Waals surface area contributed by atoms with Gasteiger partial charge in [0.1, 0.15) is 17.0 Å². The van der Waals surface area contributed by atoms with Crippen molar-refractivity contribution in [3.05, 3.63) is 59.3 Å². The Morgan fingerprint density at radius 3 is 2.19 bits per heavy atom. The molecule has 7 rings (SSSR count). The van der Waals surface area contributed by atoms with Crippen molar-refractivity contribution in [3.8, 4) is 34.5 Å². The van der Waals surface area contributed by atoms with Crippen LogP contribution in [0.25, 0.3) is 16.9 Å². The predicted octanol–water partition coefficient (Wildman–Crippen LogP) is 5.33. The van der Waals surface area contributed by atoms with Crippen LogP contribution in [-0.4, -0.2) is 59.0 Å². The van der Waals surface area contributed by atoms with Crippen LogP contribution < -0.4 is 20.1 Å². The molecule has 11 nitrogen and oxygen atoms in total. The van der Waals surface area contributed by atoms with E-state index in [9.17, 15) is 19.5 Å². The summed E-state index contributed by atoms with van der Waals surface area (Å²) in [5.41, 5.74) is 1.67. The van der Waals surface area contributed by atoms with E-state index in [0.29, 0.717) is 45.8 Å². The monoisotopic (exact) mass is 639 g/mol. The summed E-state index contributed by atoms with van der Waals surface area (Å²) in [7, 11) is 3.10. The summed E-state index contributed by atoms with van der Waals surface area (Å²) in [5, 5.41) is 30.1. The van der Waals surface area contributed by atoms with E-state index in [1.54, 1.807) is 61.4 Å². The van der Waals surface area contributed by atoms with Crippen LogP contribution in [0.15, 0.2) is 42.5 Å². The maximum absolute atomic E-state index is 14.2. The second kappa shape index (κ2) is 12.7. The van der Waals surface area contributed by atoms with Crippen molar-refractivity contribution in [2.24, 2.45) is 23.7 Å². The minimum absolute atomic E-state index is 0.0472. The minimum Gasteiger partial charge on any atom is -0.496 e. The maximum Gasteiger partial charge on any atom is 0.330 e. The van der Waals surface area contributed by atoms with Gasteiger partial charge < -0.3 is 25.2 Å². The highest BCUT2D eigenvalue weighted by atomic mass is 16.5. The van der Waals surface area contributed by atoms with E-state index < -0.39 is 17.4 Å². The van der Waals surface area contributed by atoms with Crippen LogP contribution in [0, 0.1) is 35.0 Å². The lowest BCUT2D eigenvalue weighted by Crippen LogP contribution is -2.70. The van der Waals surface area contributed by atoms with E-state index >= 15 is 0 Å². The first-order chi connectivity index (χ1) is 22.6. The summed E-state index contributed by atoms with van der Waals surface area (Å²) in [6.07, 6.45) is 4.61. The highest BCUT2D eigenvalue weighted by Crippen LogP contribution is 2.58. The number of benzene rings is 2. The van der Waals surface area contributed by atoms with Gasteiger partial charge in [-0.15, -0.1) is 0 Å². The smallest absolute Gasteiger partial charge is 0.330 e. The molecule has 0 atom stereocenters. The van der Waals surface area contributed by atoms with E-state index in [-0.39, 0.29) is 42.3 Å². The van der Waals surface area contributed by atoms with Gasteiger partial charge in [-0.05, 0) is 104 Å². The van der Waals surface area contributed by atoms with Gasteiger partial charge in [0.25, 0.3) is 11.8 Å². The van der Waals surface area contributed by atoms with Gasteiger partial charge in [-0.1, -0.05) is 19.9 Å². The number of methoxy groups -OCH3 is 2. The van der Waals surface area contributed by atoms with Gasteiger partial charge in [0, 0.05) is 12.1 Å². The number of rotatable bonds is 11. The Hall–Kier alpha value is -4.85. The Morgan fingerprint density at radius 1 is 1.00 bits per heavy atom. The lowest BCUT2D eigenvalue weighted by molar-refractivity contribution is -0.163. The zero-order chi connectivity index (χ0) is 33.5. The Morgan fingerprint density at radius 2 is 1.64 bits per heavy atom. The van der Waals surface area contributed by atoms with Crippen LogP contribution in [0.3, 0.4) is 0 Å². The molecular weight excluding hydrogens is 598 g/mol. The average Bonchev–Trinajstić information content (AvgIpc) is 3.50. The molecule has 47 heavy (non-hydrogen) atoms. The fourth-order valence-corrected chi connectivity index (χ4v) is 8.43. The SMILES string of the molecule is COc1cccc(OC)c1-c1cc(C(=O)NC2(C(=O)O)C3CC4CC(C3)CC2C4)nn1-c1ccc(C(=O)NCCC#N)cc1C(C)C. The second-order valence-electron chi connectivity index (χ2n) is 13.4. The first-order valence-corrected chi connectivity index (χ1v) is 16.3. The second-order valence-corrected chi connectivity index (χ2v) is 13.4. The van der Waals surface area contributed by atoms with E-state index in [1.807, 2.05) is 19.9 Å². The standard InChI is InChI=1S/C36H41N5O6/c1-20(2)26-18-23(33(42)38-12-6-11-37)9-10-28(26)41-29(32-30(46-3)7-5-8-31(32)47-4)19-27(40-41)34(43)39-36(35(44)45)24-14-21-13-22(16-24)17-25(36)15-21/h5,7-10,18-22,24-25H,6,12-17H2,1-4H3,(H,38,42)(H,39,43)(H,44,45). The number of nitrogens with one attached hydrogen (secondary N) is 2. The number of carboxylic acid groups (broad SMARTS) is 1. The Kier molecular flexibility index (Phi) is 8.70. The van der Waals surface area contributed by atoms with Crippen molar-refractivity contribution in [1.82, 2.24) is 20.4 Å². The van der Waals surface area contributed by atoms with Crippen molar-refractivity contribution in [2.75, 3.05) is 20.8 Å². The molecule has 4 saturated carbocycles. The van der Waals surface area contributed by atoms with Crippen LogP contribution >= 0.6 is 0 Å². The molecular formula is C36H41N5O6. The van der Waals surface area contributed by atoms with Crippen LogP contribution in [0.5, 0.6) is 11.5 Å². The van der Waals surface area contributed by atoms with Crippen molar-refractivity contribution in [1.29, 1.82) is 5.26 Å². The molecule has 1 aromatic heterocycles. The fourth-order valence-electron chi connectivity index (χ4n) is 8.43. The van der Waals surface area contributed by atoms with E-state index in [1.165, 1.54) is 0 Å². The Balaban J connectivity index is 1.46. The van der Waals surface area contributed by atoms with Crippen molar-refractivity contribution in [2.45, 2.75) is 63.8 Å². The molecule has 0 unspecified atom stereocenters. The number of hydrogen-bond donors (Lipinski definition) is 3. The molecule has 1 heterocycles. The lowest BCUT2D eigenvalue weighted by atomic mass is 9.48. The molecule has 0 radical (unpaired) electrons. The normalized spacial score (nSPS) is 24.1. The average molecular weight is 640 g/mol. The highest BCUT2D eigenvalue weighted by molar-refractivity contribution is 5.98.